The van der Waals surface area contributed by atoms with E-state index in [2.05, 4.69) is 18.7 Å². The summed E-state index contributed by atoms with van der Waals surface area (Å²) in [7, 11) is 0. The Balaban J connectivity index is 2.23. The van der Waals surface area contributed by atoms with Crippen LogP contribution in [0.15, 0.2) is 0 Å². The first-order chi connectivity index (χ1) is 5.24. The summed E-state index contributed by atoms with van der Waals surface area (Å²) in [6.07, 6.45) is 2.57. The molecule has 0 aromatic heterocycles. The minimum Gasteiger partial charge on any atom is -0.330 e. The van der Waals surface area contributed by atoms with E-state index in [4.69, 9.17) is 5.73 Å². The van der Waals surface area contributed by atoms with Crippen molar-refractivity contribution in [2.75, 3.05) is 19.6 Å². The molecule has 1 atom stereocenters. The number of hydrogen-bond donors (Lipinski definition) is 1. The molecule has 0 aromatic rings. The highest BCUT2D eigenvalue weighted by Gasteiger charge is 2.22. The summed E-state index contributed by atoms with van der Waals surface area (Å²) in [5.74, 6) is 0.877. The van der Waals surface area contributed by atoms with Crippen molar-refractivity contribution in [1.29, 1.82) is 0 Å². The van der Waals surface area contributed by atoms with Gasteiger partial charge in [-0.25, -0.2) is 0 Å². The summed E-state index contributed by atoms with van der Waals surface area (Å²) in [6, 6.07) is 0.720. The van der Waals surface area contributed by atoms with Gasteiger partial charge >= 0.3 is 0 Å². The van der Waals surface area contributed by atoms with Gasteiger partial charge < -0.3 is 10.6 Å². The first-order valence-electron chi connectivity index (χ1n) is 4.68. The zero-order valence-corrected chi connectivity index (χ0v) is 7.71. The highest BCUT2D eigenvalue weighted by atomic mass is 15.2. The molecule has 0 amide bonds. The minimum atomic E-state index is 0.720. The second kappa shape index (κ2) is 4.07. The summed E-state index contributed by atoms with van der Waals surface area (Å²) < 4.78 is 0. The Hall–Kier alpha value is -0.0800. The van der Waals surface area contributed by atoms with Crippen molar-refractivity contribution < 1.29 is 0 Å². The van der Waals surface area contributed by atoms with Crippen LogP contribution in [0.3, 0.4) is 0 Å². The van der Waals surface area contributed by atoms with E-state index in [-0.39, 0.29) is 0 Å². The highest BCUT2D eigenvalue weighted by Crippen LogP contribution is 2.20. The normalized spacial score (nSPS) is 26.7. The average molecular weight is 156 g/mol. The molecule has 1 heterocycles. The first-order valence-corrected chi connectivity index (χ1v) is 4.68. The minimum absolute atomic E-state index is 0.720. The zero-order chi connectivity index (χ0) is 8.27. The molecule has 0 saturated carbocycles. The van der Waals surface area contributed by atoms with E-state index in [1.807, 2.05) is 0 Å². The molecule has 0 aliphatic carbocycles. The summed E-state index contributed by atoms with van der Waals surface area (Å²) >= 11 is 0. The second-order valence-corrected chi connectivity index (χ2v) is 3.82. The van der Waals surface area contributed by atoms with Gasteiger partial charge in [0, 0.05) is 12.6 Å². The van der Waals surface area contributed by atoms with Gasteiger partial charge in [0.25, 0.3) is 0 Å². The lowest BCUT2D eigenvalue weighted by Gasteiger charge is -2.19. The Labute approximate surface area is 69.8 Å². The molecule has 2 nitrogen and oxygen atoms in total. The lowest BCUT2D eigenvalue weighted by atomic mass is 10.1. The third-order valence-corrected chi connectivity index (χ3v) is 2.62. The Kier molecular flexibility index (Phi) is 3.34. The van der Waals surface area contributed by atoms with E-state index in [0.717, 1.165) is 18.5 Å². The van der Waals surface area contributed by atoms with Gasteiger partial charge in [0.2, 0.25) is 0 Å². The molecule has 2 N–H and O–H groups in total. The Morgan fingerprint density at radius 3 is 2.73 bits per heavy atom. The number of nitrogens with zero attached hydrogens (tertiary/aromatic N) is 1. The maximum Gasteiger partial charge on any atom is 0.00387 e. The molecule has 0 spiro atoms. The van der Waals surface area contributed by atoms with E-state index >= 15 is 0 Å². The second-order valence-electron chi connectivity index (χ2n) is 3.82. The number of nitrogens with two attached hydrogens (primary N) is 1. The molecule has 0 bridgehead atoms. The molecule has 1 rings (SSSR count). The molecule has 11 heavy (non-hydrogen) atoms. The summed E-state index contributed by atoms with van der Waals surface area (Å²) in [5.41, 5.74) is 5.51. The number of rotatable bonds is 3. The number of likely N-dealkylation sites (tertiary alicyclic amines) is 1. The van der Waals surface area contributed by atoms with Crippen LogP contribution >= 0.6 is 0 Å². The van der Waals surface area contributed by atoms with Gasteiger partial charge in [-0.15, -0.1) is 0 Å². The molecule has 2 heteroatoms. The van der Waals surface area contributed by atoms with Crippen molar-refractivity contribution in [2.24, 2.45) is 11.7 Å². The van der Waals surface area contributed by atoms with Crippen molar-refractivity contribution in [3.05, 3.63) is 0 Å². The van der Waals surface area contributed by atoms with Gasteiger partial charge in [0.15, 0.2) is 0 Å². The van der Waals surface area contributed by atoms with Crippen molar-refractivity contribution in [3.8, 4) is 0 Å². The van der Waals surface area contributed by atoms with Crippen LogP contribution in [0.5, 0.6) is 0 Å². The lowest BCUT2D eigenvalue weighted by Crippen LogP contribution is -2.28. The molecule has 0 aromatic carbocycles. The van der Waals surface area contributed by atoms with E-state index in [1.165, 1.54) is 25.9 Å². The lowest BCUT2D eigenvalue weighted by molar-refractivity contribution is 0.263. The monoisotopic (exact) mass is 156 g/mol. The quantitative estimate of drug-likeness (QED) is 0.662. The Morgan fingerprint density at radius 2 is 2.27 bits per heavy atom. The van der Waals surface area contributed by atoms with E-state index in [9.17, 15) is 0 Å². The van der Waals surface area contributed by atoms with Gasteiger partial charge in [-0.3, -0.25) is 0 Å². The fourth-order valence-corrected chi connectivity index (χ4v) is 1.80. The van der Waals surface area contributed by atoms with Gasteiger partial charge in [-0.2, -0.15) is 0 Å². The molecule has 0 unspecified atom stereocenters. The molecule has 66 valence electrons. The topological polar surface area (TPSA) is 29.3 Å². The van der Waals surface area contributed by atoms with Gasteiger partial charge in [-0.1, -0.05) is 0 Å². The largest absolute Gasteiger partial charge is 0.330 e. The predicted octanol–water partition coefficient (Wildman–Crippen LogP) is 1.07. The third kappa shape index (κ3) is 2.46. The SMILES string of the molecule is CC(C)N1CC[C@@H](CCN)C1. The van der Waals surface area contributed by atoms with E-state index < -0.39 is 0 Å². The van der Waals surface area contributed by atoms with Crippen LogP contribution in [0.2, 0.25) is 0 Å². The van der Waals surface area contributed by atoms with Crippen molar-refractivity contribution in [3.63, 3.8) is 0 Å². The molecular weight excluding hydrogens is 136 g/mol. The molecule has 1 fully saturated rings. The molecule has 1 aliphatic rings. The van der Waals surface area contributed by atoms with Crippen LogP contribution in [0.4, 0.5) is 0 Å². The smallest absolute Gasteiger partial charge is 0.00387 e. The number of hydrogen-bond acceptors (Lipinski definition) is 2. The van der Waals surface area contributed by atoms with Gasteiger partial charge in [-0.05, 0) is 45.7 Å². The van der Waals surface area contributed by atoms with Gasteiger partial charge in [0.05, 0.1) is 0 Å². The molecular formula is C9H20N2. The van der Waals surface area contributed by atoms with Gasteiger partial charge in [0.1, 0.15) is 0 Å². The average Bonchev–Trinajstić information content (AvgIpc) is 2.37. The molecule has 1 aliphatic heterocycles. The Bertz CT molecular complexity index is 112. The van der Waals surface area contributed by atoms with Crippen LogP contribution in [0.25, 0.3) is 0 Å². The summed E-state index contributed by atoms with van der Waals surface area (Å²) in [6.45, 7) is 7.95. The predicted molar refractivity (Wildman–Crippen MR) is 48.5 cm³/mol. The third-order valence-electron chi connectivity index (χ3n) is 2.62. The van der Waals surface area contributed by atoms with Crippen LogP contribution in [-0.2, 0) is 0 Å². The summed E-state index contributed by atoms with van der Waals surface area (Å²) in [5, 5.41) is 0. The molecule has 1 saturated heterocycles. The van der Waals surface area contributed by atoms with Crippen LogP contribution in [0.1, 0.15) is 26.7 Å². The maximum atomic E-state index is 5.51. The maximum absolute atomic E-state index is 5.51. The van der Waals surface area contributed by atoms with Crippen LogP contribution < -0.4 is 5.73 Å². The summed E-state index contributed by atoms with van der Waals surface area (Å²) in [4.78, 5) is 2.54. The molecule has 0 radical (unpaired) electrons. The van der Waals surface area contributed by atoms with Crippen molar-refractivity contribution in [2.45, 2.75) is 32.7 Å². The van der Waals surface area contributed by atoms with Crippen LogP contribution in [-0.4, -0.2) is 30.6 Å². The van der Waals surface area contributed by atoms with E-state index in [1.54, 1.807) is 0 Å². The van der Waals surface area contributed by atoms with Crippen LogP contribution in [0, 0.1) is 5.92 Å². The fourth-order valence-electron chi connectivity index (χ4n) is 1.80. The van der Waals surface area contributed by atoms with Crippen molar-refractivity contribution >= 4 is 0 Å². The first kappa shape index (κ1) is 9.01. The fraction of sp³-hybridized carbons (Fsp3) is 1.00. The standard InChI is InChI=1S/C9H20N2/c1-8(2)11-6-4-9(7-11)3-5-10/h8-9H,3-7,10H2,1-2H3/t9-/m1/s1. The van der Waals surface area contributed by atoms with Crippen molar-refractivity contribution in [1.82, 2.24) is 4.90 Å². The van der Waals surface area contributed by atoms with E-state index in [0.29, 0.717) is 0 Å². The zero-order valence-electron chi connectivity index (χ0n) is 7.71. The highest BCUT2D eigenvalue weighted by molar-refractivity contribution is 4.77. The Morgan fingerprint density at radius 1 is 1.55 bits per heavy atom.